The van der Waals surface area contributed by atoms with Gasteiger partial charge in [-0.05, 0) is 43.5 Å². The molecule has 2 heterocycles. The molecule has 1 aromatic carbocycles. The van der Waals surface area contributed by atoms with Crippen LogP contribution in [0.5, 0.6) is 0 Å². The molecule has 0 N–H and O–H groups in total. The third-order valence-corrected chi connectivity index (χ3v) is 4.33. The van der Waals surface area contributed by atoms with Gasteiger partial charge in [0.1, 0.15) is 0 Å². The van der Waals surface area contributed by atoms with Gasteiger partial charge in [0.15, 0.2) is 0 Å². The zero-order valence-corrected chi connectivity index (χ0v) is 12.0. The van der Waals surface area contributed by atoms with E-state index in [0.717, 1.165) is 44.6 Å². The van der Waals surface area contributed by atoms with Crippen LogP contribution in [0.15, 0.2) is 24.3 Å². The van der Waals surface area contributed by atoms with E-state index < -0.39 is 0 Å². The number of ether oxygens (including phenoxy) is 1. The van der Waals surface area contributed by atoms with Crippen molar-refractivity contribution in [1.82, 2.24) is 0 Å². The van der Waals surface area contributed by atoms with Crippen LogP contribution in [0.2, 0.25) is 0 Å². The Labute approximate surface area is 120 Å². The third-order valence-electron chi connectivity index (χ3n) is 4.33. The summed E-state index contributed by atoms with van der Waals surface area (Å²) in [7, 11) is 1.78. The smallest absolute Gasteiger partial charge is 0.226 e. The van der Waals surface area contributed by atoms with Crippen LogP contribution in [0.3, 0.4) is 0 Å². The van der Waals surface area contributed by atoms with Gasteiger partial charge >= 0.3 is 0 Å². The van der Waals surface area contributed by atoms with Gasteiger partial charge in [-0.2, -0.15) is 0 Å². The molecule has 3 rings (SSSR count). The molecule has 1 aromatic rings. The number of anilines is 2. The van der Waals surface area contributed by atoms with E-state index in [1.54, 1.807) is 7.11 Å². The van der Waals surface area contributed by atoms with E-state index in [4.69, 9.17) is 4.74 Å². The Morgan fingerprint density at radius 2 is 1.85 bits per heavy atom. The van der Waals surface area contributed by atoms with Crippen LogP contribution >= 0.6 is 0 Å². The Hall–Kier alpha value is -1.55. The summed E-state index contributed by atoms with van der Waals surface area (Å²) in [4.78, 5) is 16.2. The minimum atomic E-state index is 0.254. The van der Waals surface area contributed by atoms with Crippen molar-refractivity contribution in [2.45, 2.75) is 31.8 Å². The van der Waals surface area contributed by atoms with E-state index >= 15 is 0 Å². The summed E-state index contributed by atoms with van der Waals surface area (Å²) in [5.41, 5.74) is 2.25. The number of nitrogens with zero attached hydrogens (tertiary/aromatic N) is 2. The number of methoxy groups -OCH3 is 1. The lowest BCUT2D eigenvalue weighted by molar-refractivity contribution is -0.119. The monoisotopic (exact) mass is 274 g/mol. The fourth-order valence-electron chi connectivity index (χ4n) is 3.08. The second-order valence-corrected chi connectivity index (χ2v) is 5.61. The van der Waals surface area contributed by atoms with Crippen LogP contribution < -0.4 is 9.80 Å². The summed E-state index contributed by atoms with van der Waals surface area (Å²) in [5.74, 6) is 0.254. The van der Waals surface area contributed by atoms with Crippen LogP contribution in [-0.2, 0) is 9.53 Å². The molecule has 1 unspecified atom stereocenters. The minimum Gasteiger partial charge on any atom is -0.380 e. The summed E-state index contributed by atoms with van der Waals surface area (Å²) >= 11 is 0. The highest BCUT2D eigenvalue weighted by Crippen LogP contribution is 2.26. The van der Waals surface area contributed by atoms with E-state index in [1.165, 1.54) is 5.69 Å². The first kappa shape index (κ1) is 13.4. The summed E-state index contributed by atoms with van der Waals surface area (Å²) in [6.07, 6.45) is 4.25. The van der Waals surface area contributed by atoms with Crippen molar-refractivity contribution in [2.24, 2.45) is 0 Å². The summed E-state index contributed by atoms with van der Waals surface area (Å²) < 4.78 is 5.40. The molecule has 1 atom stereocenters. The summed E-state index contributed by atoms with van der Waals surface area (Å²) in [5, 5.41) is 0. The first-order chi connectivity index (χ1) is 9.78. The molecule has 2 aliphatic rings. The zero-order chi connectivity index (χ0) is 13.9. The SMILES string of the molecule is COC1CCN(c2ccc(N3CCCCC3=O)cc2)C1. The molecule has 108 valence electrons. The Balaban J connectivity index is 1.70. The third kappa shape index (κ3) is 2.66. The quantitative estimate of drug-likeness (QED) is 0.848. The summed E-state index contributed by atoms with van der Waals surface area (Å²) in [6, 6.07) is 8.38. The van der Waals surface area contributed by atoms with E-state index in [0.29, 0.717) is 12.5 Å². The first-order valence-electron chi connectivity index (χ1n) is 7.46. The first-order valence-corrected chi connectivity index (χ1v) is 7.46. The molecule has 0 radical (unpaired) electrons. The molecule has 20 heavy (non-hydrogen) atoms. The van der Waals surface area contributed by atoms with Crippen LogP contribution in [0.25, 0.3) is 0 Å². The molecule has 0 aromatic heterocycles. The van der Waals surface area contributed by atoms with Crippen LogP contribution in [0, 0.1) is 0 Å². The Morgan fingerprint density at radius 3 is 2.50 bits per heavy atom. The molecular formula is C16H22N2O2. The maximum absolute atomic E-state index is 11.9. The normalized spacial score (nSPS) is 23.4. The molecule has 0 bridgehead atoms. The van der Waals surface area contributed by atoms with Crippen molar-refractivity contribution in [3.8, 4) is 0 Å². The van der Waals surface area contributed by atoms with Gasteiger partial charge in [0.25, 0.3) is 0 Å². The number of benzene rings is 1. The van der Waals surface area contributed by atoms with Gasteiger partial charge in [0, 0.05) is 44.5 Å². The topological polar surface area (TPSA) is 32.8 Å². The largest absolute Gasteiger partial charge is 0.380 e. The number of piperidine rings is 1. The molecule has 0 spiro atoms. The molecule has 4 heteroatoms. The average Bonchev–Trinajstić information content (AvgIpc) is 2.97. The van der Waals surface area contributed by atoms with Gasteiger partial charge in [0.05, 0.1) is 6.10 Å². The number of carbonyl (C=O) groups excluding carboxylic acids is 1. The van der Waals surface area contributed by atoms with Gasteiger partial charge in [-0.15, -0.1) is 0 Å². The molecule has 2 fully saturated rings. The lowest BCUT2D eigenvalue weighted by Crippen LogP contribution is -2.35. The lowest BCUT2D eigenvalue weighted by Gasteiger charge is -2.27. The van der Waals surface area contributed by atoms with Gasteiger partial charge in [-0.25, -0.2) is 0 Å². The number of amides is 1. The van der Waals surface area contributed by atoms with Gasteiger partial charge in [-0.3, -0.25) is 4.79 Å². The summed E-state index contributed by atoms with van der Waals surface area (Å²) in [6.45, 7) is 2.85. The van der Waals surface area contributed by atoms with E-state index in [9.17, 15) is 4.79 Å². The fourth-order valence-corrected chi connectivity index (χ4v) is 3.08. The van der Waals surface area contributed by atoms with E-state index in [1.807, 2.05) is 4.90 Å². The minimum absolute atomic E-state index is 0.254. The highest BCUT2D eigenvalue weighted by molar-refractivity contribution is 5.94. The Bertz CT molecular complexity index is 472. The Morgan fingerprint density at radius 1 is 1.10 bits per heavy atom. The predicted molar refractivity (Wildman–Crippen MR) is 80.3 cm³/mol. The van der Waals surface area contributed by atoms with Gasteiger partial charge in [0.2, 0.25) is 5.91 Å². The average molecular weight is 274 g/mol. The highest BCUT2D eigenvalue weighted by atomic mass is 16.5. The molecule has 0 saturated carbocycles. The van der Waals surface area contributed by atoms with Crippen molar-refractivity contribution in [3.63, 3.8) is 0 Å². The maximum atomic E-state index is 11.9. The molecular weight excluding hydrogens is 252 g/mol. The second-order valence-electron chi connectivity index (χ2n) is 5.61. The van der Waals surface area contributed by atoms with Crippen molar-refractivity contribution in [2.75, 3.05) is 36.5 Å². The number of hydrogen-bond donors (Lipinski definition) is 0. The molecule has 0 aliphatic carbocycles. The van der Waals surface area contributed by atoms with Gasteiger partial charge < -0.3 is 14.5 Å². The number of hydrogen-bond acceptors (Lipinski definition) is 3. The highest BCUT2D eigenvalue weighted by Gasteiger charge is 2.23. The van der Waals surface area contributed by atoms with Crippen molar-refractivity contribution in [3.05, 3.63) is 24.3 Å². The standard InChI is InChI=1S/C16H22N2O2/c1-20-15-9-11-17(12-15)13-5-7-14(8-6-13)18-10-3-2-4-16(18)19/h5-8,15H,2-4,9-12H2,1H3. The zero-order valence-electron chi connectivity index (χ0n) is 12.0. The van der Waals surface area contributed by atoms with Crippen LogP contribution in [-0.4, -0.2) is 38.8 Å². The maximum Gasteiger partial charge on any atom is 0.226 e. The predicted octanol–water partition coefficient (Wildman–Crippen LogP) is 2.43. The fraction of sp³-hybridized carbons (Fsp3) is 0.562. The van der Waals surface area contributed by atoms with Gasteiger partial charge in [-0.1, -0.05) is 0 Å². The second kappa shape index (κ2) is 5.83. The number of carbonyl (C=O) groups is 1. The van der Waals surface area contributed by atoms with Crippen LogP contribution in [0.1, 0.15) is 25.7 Å². The molecule has 1 amide bonds. The van der Waals surface area contributed by atoms with E-state index in [2.05, 4.69) is 29.2 Å². The lowest BCUT2D eigenvalue weighted by atomic mass is 10.1. The number of rotatable bonds is 3. The van der Waals surface area contributed by atoms with Crippen molar-refractivity contribution in [1.29, 1.82) is 0 Å². The molecule has 2 aliphatic heterocycles. The van der Waals surface area contributed by atoms with E-state index in [-0.39, 0.29) is 5.91 Å². The Kier molecular flexibility index (Phi) is 3.92. The van der Waals surface area contributed by atoms with Crippen molar-refractivity contribution >= 4 is 17.3 Å². The van der Waals surface area contributed by atoms with Crippen LogP contribution in [0.4, 0.5) is 11.4 Å². The molecule has 4 nitrogen and oxygen atoms in total. The molecule has 2 saturated heterocycles. The van der Waals surface area contributed by atoms with Crippen molar-refractivity contribution < 1.29 is 9.53 Å².